The number of halogens is 1. The Hall–Kier alpha value is -6.94. The molecule has 0 aromatic heterocycles. The first-order valence-electron chi connectivity index (χ1n) is 49.3. The zero-order chi connectivity index (χ0) is 99.4. The number of carbonyl (C=O) groups excluding carboxylic acids is 9. The van der Waals surface area contributed by atoms with Crippen LogP contribution in [0.3, 0.4) is 0 Å². The number of carbonyl (C=O) groups is 9. The quantitative estimate of drug-likeness (QED) is 0.0135. The maximum Gasteiger partial charge on any atom is 0.333 e. The molecule has 30 atom stereocenters. The zero-order valence-corrected chi connectivity index (χ0v) is 84.2. The molecule has 17 rings (SSSR count). The molecule has 17 aliphatic carbocycles. The molecule has 134 heavy (non-hydrogen) atoms. The van der Waals surface area contributed by atoms with E-state index in [-0.39, 0.29) is 151 Å². The van der Waals surface area contributed by atoms with Crippen molar-refractivity contribution in [2.45, 2.75) is 336 Å². The number of allylic oxidation sites excluding steroid dienone is 3. The van der Waals surface area contributed by atoms with Crippen molar-refractivity contribution in [3.63, 3.8) is 0 Å². The Bertz CT molecular complexity index is 5100. The largest absolute Gasteiger partial charge is 0.461 e. The molecule has 17 aliphatic rings. The fourth-order valence-corrected chi connectivity index (χ4v) is 30.1. The predicted molar refractivity (Wildman–Crippen MR) is 502 cm³/mol. The lowest BCUT2D eigenvalue weighted by molar-refractivity contribution is -0.187. The first kappa shape index (κ1) is 103. The Morgan fingerprint density at radius 3 is 0.933 bits per heavy atom. The van der Waals surface area contributed by atoms with Crippen LogP contribution in [0.25, 0.3) is 0 Å². The third-order valence-electron chi connectivity index (χ3n) is 38.3. The van der Waals surface area contributed by atoms with Gasteiger partial charge in [-0.3, -0.25) is 28.8 Å². The Kier molecular flexibility index (Phi) is 26.5. The number of aliphatic hydroxyl groups excluding tert-OH is 2. The first-order chi connectivity index (χ1) is 62.1. The summed E-state index contributed by atoms with van der Waals surface area (Å²) >= 11 is 6.23. The van der Waals surface area contributed by atoms with E-state index in [2.05, 4.69) is 34.6 Å². The average Bonchev–Trinajstić information content (AvgIpc) is 1.48. The summed E-state index contributed by atoms with van der Waals surface area (Å²) in [6.45, 7) is 44.4. The van der Waals surface area contributed by atoms with E-state index in [1.54, 1.807) is 112 Å². The summed E-state index contributed by atoms with van der Waals surface area (Å²) in [6, 6.07) is 0. The van der Waals surface area contributed by atoms with Gasteiger partial charge in [0, 0.05) is 154 Å². The summed E-state index contributed by atoms with van der Waals surface area (Å²) in [7, 11) is 0. The highest BCUT2D eigenvalue weighted by Gasteiger charge is 2.88. The Labute approximate surface area is 796 Å². The van der Waals surface area contributed by atoms with Gasteiger partial charge in [0.1, 0.15) is 51.4 Å². The second kappa shape index (κ2) is 34.5. The maximum absolute atomic E-state index is 13.1. The number of hydrogen-bond donors (Lipinski definition) is 10. The maximum atomic E-state index is 13.1. The SMILES string of the molecule is C/C=C(\C)C(=O)O[C@@]12C[C@@H](C)[C@@]3(O)[C@@H](C=C(CCl)C[C@]4(O)C(=O)C(C)=C[C@@H]34)[C@@H]1C2(C)C.C/C=C(\C)C(=O)O[C@@]12C[C@@H](C)[C@@]3(O)[C@@H](C=C(CO)C[C@]4(O)C(=O)C(C)=C[C@@H]34)[C@@H]1C2(C)C.C/C=C(\C)C(=O)O[C@@]12C[C@@H](C)[C@@]3(O)[C@@H](C=C(COC(C)=O)C[C@]4(O)C(=O)C(C)=C[C@@H]34)[C@@H]1C2(C)C.CC1=C[C@H]2[C@@]3(O)[C@H](C)C[C@]4(OC(=O)CCCCCCCC5CC5C)[C@H]([C@@H]3C=C(CO)C[C@]2(O)C1=O)C4(C)C. The number of ether oxygens (including phenoxy) is 5. The van der Waals surface area contributed by atoms with Gasteiger partial charge in [-0.1, -0.05) is 195 Å². The molecule has 2 unspecified atom stereocenters. The van der Waals surface area contributed by atoms with Gasteiger partial charge in [0.05, 0.1) is 35.6 Å². The molecule has 0 heterocycles. The van der Waals surface area contributed by atoms with Gasteiger partial charge in [-0.15, -0.1) is 11.6 Å². The average molecular weight is 1880 g/mol. The third-order valence-corrected chi connectivity index (χ3v) is 38.7. The Morgan fingerprint density at radius 1 is 0.396 bits per heavy atom. The molecule has 24 nitrogen and oxygen atoms in total. The van der Waals surface area contributed by atoms with Crippen LogP contribution in [-0.4, -0.2) is 197 Å². The monoisotopic (exact) mass is 1880 g/mol. The molecule has 738 valence electrons. The van der Waals surface area contributed by atoms with Crippen molar-refractivity contribution in [1.29, 1.82) is 0 Å². The smallest absolute Gasteiger partial charge is 0.333 e. The van der Waals surface area contributed by atoms with Gasteiger partial charge in [-0.2, -0.15) is 0 Å². The normalized spacial score (nSPS) is 44.4. The van der Waals surface area contributed by atoms with Crippen LogP contribution in [0.5, 0.6) is 0 Å². The van der Waals surface area contributed by atoms with Crippen molar-refractivity contribution in [3.05, 3.63) is 128 Å². The number of rotatable bonds is 20. The van der Waals surface area contributed by atoms with E-state index in [9.17, 15) is 94.2 Å². The van der Waals surface area contributed by atoms with E-state index in [4.69, 9.17) is 35.3 Å². The van der Waals surface area contributed by atoms with Crippen molar-refractivity contribution in [2.24, 2.45) is 128 Å². The van der Waals surface area contributed by atoms with Gasteiger partial charge < -0.3 is 74.7 Å². The minimum absolute atomic E-state index is 0.00594. The lowest BCUT2D eigenvalue weighted by Crippen LogP contribution is -2.61. The highest BCUT2D eigenvalue weighted by molar-refractivity contribution is 6.19. The van der Waals surface area contributed by atoms with Crippen LogP contribution in [0.2, 0.25) is 0 Å². The summed E-state index contributed by atoms with van der Waals surface area (Å²) in [5.74, 6) is -8.19. The van der Waals surface area contributed by atoms with Crippen LogP contribution in [0.15, 0.2) is 128 Å². The summed E-state index contributed by atoms with van der Waals surface area (Å²) in [5.41, 5.74) is -11.3. The van der Waals surface area contributed by atoms with Crippen LogP contribution in [0.1, 0.15) is 269 Å². The summed E-state index contributed by atoms with van der Waals surface area (Å²) in [5, 5.41) is 116. The molecule has 9 fully saturated rings. The number of aliphatic hydroxyl groups is 10. The van der Waals surface area contributed by atoms with E-state index in [1.807, 2.05) is 79.7 Å². The number of fused-ring (bicyclic) bond motifs is 20. The Balaban J connectivity index is 0.000000144. The molecule has 0 spiro atoms. The van der Waals surface area contributed by atoms with Crippen LogP contribution in [0.4, 0.5) is 0 Å². The second-order valence-corrected chi connectivity index (χ2v) is 47.1. The number of hydrogen-bond acceptors (Lipinski definition) is 24. The van der Waals surface area contributed by atoms with E-state index >= 15 is 0 Å². The fraction of sp³-hybridized carbons (Fsp3) is 0.716. The number of unbranched alkanes of at least 4 members (excludes halogenated alkanes) is 4. The van der Waals surface area contributed by atoms with E-state index in [0.29, 0.717) is 87.8 Å². The number of ketones is 4. The van der Waals surface area contributed by atoms with Gasteiger partial charge >= 0.3 is 29.8 Å². The lowest BCUT2D eigenvalue weighted by atomic mass is 9.60. The zero-order valence-electron chi connectivity index (χ0n) is 83.5. The fourth-order valence-electron chi connectivity index (χ4n) is 29.9. The van der Waals surface area contributed by atoms with Crippen LogP contribution < -0.4 is 0 Å². The van der Waals surface area contributed by atoms with Crippen molar-refractivity contribution in [2.75, 3.05) is 25.7 Å². The summed E-state index contributed by atoms with van der Waals surface area (Å²) < 4.78 is 30.0. The van der Waals surface area contributed by atoms with E-state index < -0.39 is 137 Å². The minimum Gasteiger partial charge on any atom is -0.461 e. The predicted octanol–water partition coefficient (Wildman–Crippen LogP) is 14.1. The van der Waals surface area contributed by atoms with Gasteiger partial charge in [-0.25, -0.2) is 14.4 Å². The summed E-state index contributed by atoms with van der Waals surface area (Å²) in [4.78, 5) is 115. The number of alkyl halides is 1. The second-order valence-electron chi connectivity index (χ2n) is 46.8. The minimum atomic E-state index is -1.81. The molecule has 0 radical (unpaired) electrons. The molecule has 0 saturated heterocycles. The van der Waals surface area contributed by atoms with Gasteiger partial charge in [0.2, 0.25) is 0 Å². The highest BCUT2D eigenvalue weighted by atomic mass is 35.5. The van der Waals surface area contributed by atoms with Crippen LogP contribution in [-0.2, 0) is 66.8 Å². The summed E-state index contributed by atoms with van der Waals surface area (Å²) in [6.07, 6.45) is 30.2. The van der Waals surface area contributed by atoms with Crippen LogP contribution >= 0.6 is 11.6 Å². The molecule has 0 bridgehead atoms. The van der Waals surface area contributed by atoms with Gasteiger partial charge in [-0.05, 0) is 182 Å². The topological polar surface area (TPSA) is 402 Å². The van der Waals surface area contributed by atoms with Crippen molar-refractivity contribution >= 4 is 64.6 Å². The number of Topliss-reactive ketones (excluding diaryl/α,β-unsaturated/α-hetero) is 4. The van der Waals surface area contributed by atoms with Crippen molar-refractivity contribution < 1.29 is 118 Å². The van der Waals surface area contributed by atoms with E-state index in [1.165, 1.54) is 32.6 Å². The first-order valence-corrected chi connectivity index (χ1v) is 49.9. The van der Waals surface area contributed by atoms with Crippen molar-refractivity contribution in [3.8, 4) is 0 Å². The standard InChI is InChI=1S/C32H48O6.C27H36O7.C25H33ClO5.C25H34O6/c1-19-13-23(19)11-9-7-6-8-10-12-26(34)38-31-16-21(3)32(37)24(27(31)29(31,4)5)15-22(18-33)17-30(36)25(32)14-20(2)28(30)35;1-8-14(2)23(30)34-26-11-16(4)27(32)19(21(26)24(26,6)7)10-18(13-33-17(5)28)12-25(31)20(27)9-15(3)22(25)29;2*1-7-13(2)21(28)31-24-10-15(4)25(30)17(19(24)22(24,5)6)9-16(12-26)11-23(29)18(25)8-14(3)20(23)27/h14-15,19,21,23-25,27,33,36-37H,6-13,16-18H2,1-5H3;8-10,16,19-21,31-32H,11-13H2,1-7H3;7-9,15,17-19,29-30H,10-12H2,1-6H3;7-9,15,17-19,26,29-30H,10-12H2,1-6H3/b;14-8+;2*13-7+/t19?,21-,23?,24+,25-,27-,30-,31+,32-;16-,19+,20-,21-,25-,26+,27-;2*15-,17+,18-,19-,23-,24+,25-/m1111/s1. The lowest BCUT2D eigenvalue weighted by Gasteiger charge is -2.50. The molecule has 9 saturated carbocycles. The molecule has 0 aromatic carbocycles. The highest BCUT2D eigenvalue weighted by Crippen LogP contribution is 2.82. The van der Waals surface area contributed by atoms with Crippen molar-refractivity contribution in [1.82, 2.24) is 0 Å². The number of esters is 5. The van der Waals surface area contributed by atoms with E-state index in [0.717, 1.165) is 36.7 Å². The molecular weight excluding hydrogens is 1730 g/mol. The molecule has 10 N–H and O–H groups in total. The Morgan fingerprint density at radius 2 is 0.657 bits per heavy atom. The molecule has 25 heteroatoms. The third kappa shape index (κ3) is 15.0. The van der Waals surface area contributed by atoms with Crippen LogP contribution in [0, 0.1) is 128 Å². The van der Waals surface area contributed by atoms with Gasteiger partial charge in [0.15, 0.2) is 23.1 Å². The molecular formula is C109H151ClO24. The molecule has 0 aromatic rings. The molecule has 0 amide bonds. The van der Waals surface area contributed by atoms with Gasteiger partial charge in [0.25, 0.3) is 0 Å². The molecule has 0 aliphatic heterocycles.